The molecule has 14 rings (SSSR count). The van der Waals surface area contributed by atoms with Crippen LogP contribution in [0, 0.1) is 23.4 Å². The molecule has 5 N–H and O–H groups in total. The predicted octanol–water partition coefficient (Wildman–Crippen LogP) is 6.58. The Balaban J connectivity index is 0.000000143. The second-order valence-electron chi connectivity index (χ2n) is 23.6. The molecule has 6 fully saturated rings. The number of fused-ring (bicyclic) bond motifs is 11. The number of anilines is 2. The van der Waals surface area contributed by atoms with Crippen LogP contribution in [-0.2, 0) is 9.47 Å². The van der Waals surface area contributed by atoms with E-state index in [1.807, 2.05) is 60.0 Å². The molecule has 7 heterocycles. The Morgan fingerprint density at radius 3 is 1.45 bits per heavy atom. The van der Waals surface area contributed by atoms with Gasteiger partial charge in [-0.15, -0.1) is 0 Å². The summed E-state index contributed by atoms with van der Waals surface area (Å²) >= 11 is 0. The van der Waals surface area contributed by atoms with E-state index in [-0.39, 0.29) is 123 Å². The van der Waals surface area contributed by atoms with Crippen LogP contribution in [0.15, 0.2) is 75.5 Å². The minimum absolute atomic E-state index is 0. The fourth-order valence-corrected chi connectivity index (χ4v) is 13.4. The number of hydrogen-bond donors (Lipinski definition) is 4. The van der Waals surface area contributed by atoms with Crippen LogP contribution in [-0.4, -0.2) is 114 Å². The molecule has 18 nitrogen and oxygen atoms in total. The number of carbonyl (C=O) groups is 3. The predicted molar refractivity (Wildman–Crippen MR) is 318 cm³/mol. The minimum Gasteiger partial charge on any atom is -0.870 e. The molecular weight excluding hydrogens is 1140 g/mol. The molecule has 6 aromatic rings. The van der Waals surface area contributed by atoms with E-state index >= 15 is 8.78 Å². The molecule has 4 aliphatic carbocycles. The number of carboxylic acids is 1. The number of aliphatic hydroxyl groups excluding tert-OH is 3. The van der Waals surface area contributed by atoms with Gasteiger partial charge in [0, 0.05) is 66.5 Å². The number of carbonyl (C=O) groups excluding carboxylic acids is 2. The van der Waals surface area contributed by atoms with Gasteiger partial charge in [-0.1, -0.05) is 42.9 Å². The molecule has 0 spiro atoms. The third-order valence-corrected chi connectivity index (χ3v) is 18.0. The second kappa shape index (κ2) is 25.7. The molecule has 2 saturated heterocycles. The number of esters is 2. The number of rotatable bonds is 11. The maximum atomic E-state index is 15.3. The quantitative estimate of drug-likeness (QED) is 0.0790. The summed E-state index contributed by atoms with van der Waals surface area (Å²) in [5.74, 6) is -3.99. The first-order chi connectivity index (χ1) is 41.0. The maximum Gasteiger partial charge on any atom is 1.00 e. The molecule has 22 heteroatoms. The fraction of sp³-hybridized carbons (Fsp3) is 0.446. The summed E-state index contributed by atoms with van der Waals surface area (Å²) in [6.07, 6.45) is 26.1. The van der Waals surface area contributed by atoms with Crippen molar-refractivity contribution in [1.29, 1.82) is 0 Å². The summed E-state index contributed by atoms with van der Waals surface area (Å²) in [5, 5.41) is 40.5. The first kappa shape index (κ1) is 63.2. The van der Waals surface area contributed by atoms with Crippen LogP contribution < -0.4 is 55.6 Å². The van der Waals surface area contributed by atoms with E-state index in [4.69, 9.17) is 9.47 Å². The van der Waals surface area contributed by atoms with E-state index < -0.39 is 63.9 Å². The Morgan fingerprint density at radius 1 is 0.586 bits per heavy atom. The molecule has 3 aromatic heterocycles. The van der Waals surface area contributed by atoms with Crippen molar-refractivity contribution in [2.24, 2.45) is 5.92 Å². The standard InChI is InChI=1S/C23H26FNO4.C22H23FN2O4.C20H19FN2O4.Na.H2O/c1-2-29-23(28)19-13-25(17-9-10-17)21-15(11-16(24)12-18(21)22(19)27)7-3-5-14-6-4-8-20(14)26;1-2-29-22(28)15-11-25(12-6-7-12)19-13-4-3-5-17-18(26)8-9-24(17)20(13)16(23)10-14(19)21(15)27;21-14-8-12-17(23(10-4-5-10)9-13(19(12)25)20(26)27)11-2-1-3-15-16(24)6-7-22(15)18(11)14;;/h3,7,11-14,17,20,26H,2,4-6,8-10H2,1H3;3-4,10-12,17-18,26H,2,5-9H2,1H3;1-2,8-10,15-16,24H,3-7H2,(H,26,27);;1H2/q;;;+1;/p-1/b7-3-;;;;/t14-,20+;17-,18-;15-,16-;;/m011../s1. The van der Waals surface area contributed by atoms with Gasteiger partial charge in [0.1, 0.15) is 34.1 Å². The van der Waals surface area contributed by atoms with Crippen molar-refractivity contribution in [3.05, 3.63) is 143 Å². The molecule has 87 heavy (non-hydrogen) atoms. The van der Waals surface area contributed by atoms with E-state index in [2.05, 4.69) is 0 Å². The number of carboxylic acid groups (broad SMARTS) is 1. The average molecular weight is 1210 g/mol. The molecular formula is C65H69F3N5NaO13. The molecule has 4 aliphatic heterocycles. The Morgan fingerprint density at radius 2 is 1.02 bits per heavy atom. The van der Waals surface area contributed by atoms with Gasteiger partial charge in [0.25, 0.3) is 0 Å². The topological polar surface area (TPSA) is 253 Å². The van der Waals surface area contributed by atoms with E-state index in [1.165, 1.54) is 30.5 Å². The summed E-state index contributed by atoms with van der Waals surface area (Å²) in [7, 11) is 0. The van der Waals surface area contributed by atoms with Crippen molar-refractivity contribution in [3.8, 4) is 0 Å². The fourth-order valence-electron chi connectivity index (χ4n) is 13.4. The van der Waals surface area contributed by atoms with Crippen molar-refractivity contribution in [1.82, 2.24) is 13.7 Å². The average Bonchev–Trinajstić information content (AvgIpc) is 1.78. The van der Waals surface area contributed by atoms with Gasteiger partial charge in [0.15, 0.2) is 0 Å². The van der Waals surface area contributed by atoms with Crippen molar-refractivity contribution in [2.45, 2.75) is 152 Å². The van der Waals surface area contributed by atoms with E-state index in [9.17, 15) is 53.6 Å². The third kappa shape index (κ3) is 12.0. The minimum atomic E-state index is -1.30. The number of aromatic nitrogens is 3. The number of nitrogens with zero attached hydrogens (tertiary/aromatic N) is 5. The van der Waals surface area contributed by atoms with Crippen LogP contribution in [0.1, 0.15) is 170 Å². The van der Waals surface area contributed by atoms with Gasteiger partial charge >= 0.3 is 47.5 Å². The largest absolute Gasteiger partial charge is 1.00 e. The number of hydrogen-bond acceptors (Lipinski definition) is 14. The van der Waals surface area contributed by atoms with Gasteiger partial charge in [0.2, 0.25) is 16.3 Å². The first-order valence-electron chi connectivity index (χ1n) is 29.8. The Hall–Kier alpha value is -6.85. The normalized spacial score (nSPS) is 22.4. The maximum absolute atomic E-state index is 15.3. The molecule has 0 bridgehead atoms. The smallest absolute Gasteiger partial charge is 0.870 e. The Bertz CT molecular complexity index is 4020. The molecule has 8 aliphatic rings. The van der Waals surface area contributed by atoms with Gasteiger partial charge in [-0.3, -0.25) is 14.4 Å². The van der Waals surface area contributed by atoms with Gasteiger partial charge in [-0.2, -0.15) is 0 Å². The van der Waals surface area contributed by atoms with Gasteiger partial charge in [-0.05, 0) is 128 Å². The van der Waals surface area contributed by atoms with Gasteiger partial charge in [-0.25, -0.2) is 27.6 Å². The van der Waals surface area contributed by atoms with Crippen LogP contribution in [0.2, 0.25) is 0 Å². The van der Waals surface area contributed by atoms with Crippen LogP contribution in [0.3, 0.4) is 0 Å². The Labute approximate surface area is 520 Å². The number of aromatic carboxylic acids is 1. The van der Waals surface area contributed by atoms with Gasteiger partial charge in [0.05, 0.1) is 87.7 Å². The summed E-state index contributed by atoms with van der Waals surface area (Å²) in [6, 6.07) is 5.19. The first-order valence-corrected chi connectivity index (χ1v) is 29.8. The molecule has 3 aromatic carbocycles. The third-order valence-electron chi connectivity index (χ3n) is 18.0. The van der Waals surface area contributed by atoms with Gasteiger partial charge < -0.3 is 58.9 Å². The number of ether oxygens (including phenoxy) is 2. The summed E-state index contributed by atoms with van der Waals surface area (Å²) in [5.41, 5.74) is 2.47. The monoisotopic (exact) mass is 1210 g/mol. The molecule has 4 saturated carbocycles. The SMILES string of the molecule is CCOC(=O)c1cn(C2CC2)c2c(/C=C\C[C@H]3CCC[C@H]3O)cc(F)cc2c1=O.CCOC(=O)c1cn(C2CC2)c2c3c(c(F)cc2c1=O)N1CC[C@@H](O)[C@H]1CC=C3.O=C(O)c1cn(C2CC2)c2c3c(c(F)cc2c1=O)N1CC[C@@H](O)[C@H]1CC=C3.[Na+].[OH-]. The number of pyridine rings is 3. The molecule has 0 amide bonds. The van der Waals surface area contributed by atoms with Crippen molar-refractivity contribution < 1.29 is 92.5 Å². The van der Waals surface area contributed by atoms with E-state index in [0.717, 1.165) is 57.8 Å². The van der Waals surface area contributed by atoms with Crippen molar-refractivity contribution in [2.75, 3.05) is 36.1 Å². The second-order valence-corrected chi connectivity index (χ2v) is 23.6. The number of aliphatic hydroxyl groups is 3. The van der Waals surface area contributed by atoms with Crippen LogP contribution >= 0.6 is 0 Å². The number of allylic oxidation sites excluding steroid dienone is 1. The molecule has 6 atom stereocenters. The number of benzene rings is 3. The zero-order valence-corrected chi connectivity index (χ0v) is 50.8. The molecule has 0 unspecified atom stereocenters. The summed E-state index contributed by atoms with van der Waals surface area (Å²) in [6.45, 7) is 4.82. The molecule has 0 radical (unpaired) electrons. The summed E-state index contributed by atoms with van der Waals surface area (Å²) < 4.78 is 60.6. The zero-order valence-electron chi connectivity index (χ0n) is 48.8. The summed E-state index contributed by atoms with van der Waals surface area (Å²) in [4.78, 5) is 78.7. The van der Waals surface area contributed by atoms with Crippen LogP contribution in [0.4, 0.5) is 24.5 Å². The number of halogens is 3. The molecule has 454 valence electrons. The van der Waals surface area contributed by atoms with E-state index in [0.29, 0.717) is 89.8 Å². The van der Waals surface area contributed by atoms with Crippen molar-refractivity contribution in [3.63, 3.8) is 0 Å². The van der Waals surface area contributed by atoms with Crippen LogP contribution in [0.25, 0.3) is 50.9 Å². The van der Waals surface area contributed by atoms with Crippen molar-refractivity contribution >= 4 is 80.2 Å². The Kier molecular flexibility index (Phi) is 18.7. The van der Waals surface area contributed by atoms with Crippen LogP contribution in [0.5, 0.6) is 0 Å². The van der Waals surface area contributed by atoms with E-state index in [1.54, 1.807) is 26.2 Å². The zero-order chi connectivity index (χ0) is 59.7.